The fourth-order valence-corrected chi connectivity index (χ4v) is 3.09. The predicted octanol–water partition coefficient (Wildman–Crippen LogP) is 5.85. The first kappa shape index (κ1) is 17.9. The molecule has 1 N–H and O–H groups in total. The third-order valence-electron chi connectivity index (χ3n) is 4.90. The molecule has 3 aromatic carbocycles. The Morgan fingerprint density at radius 1 is 0.846 bits per heavy atom. The highest BCUT2D eigenvalue weighted by molar-refractivity contribution is 5.95. The predicted molar refractivity (Wildman–Crippen MR) is 108 cm³/mol. The van der Waals surface area contributed by atoms with Gasteiger partial charge in [0.25, 0.3) is 5.91 Å². The van der Waals surface area contributed by atoms with E-state index in [1.165, 1.54) is 11.1 Å². The molecule has 0 saturated heterocycles. The number of nitrogens with one attached hydrogen (secondary N) is 1. The standard InChI is InChI=1S/C24H25NO/c1-4-23(22-11-10-17(2)18(3)16-22)25-24(26)21-14-12-20(13-15-21)19-8-6-5-7-9-19/h5-16,23H,4H2,1-3H3,(H,25,26)/t23-/m0/s1. The Labute approximate surface area is 155 Å². The number of rotatable bonds is 5. The van der Waals surface area contributed by atoms with Crippen LogP contribution in [0.1, 0.15) is 46.4 Å². The summed E-state index contributed by atoms with van der Waals surface area (Å²) in [7, 11) is 0. The van der Waals surface area contributed by atoms with Crippen LogP contribution in [0.5, 0.6) is 0 Å². The highest BCUT2D eigenvalue weighted by Gasteiger charge is 2.14. The van der Waals surface area contributed by atoms with Crippen molar-refractivity contribution >= 4 is 5.91 Å². The Balaban J connectivity index is 1.75. The van der Waals surface area contributed by atoms with Gasteiger partial charge in [0.15, 0.2) is 0 Å². The largest absolute Gasteiger partial charge is 0.345 e. The second-order valence-corrected chi connectivity index (χ2v) is 6.72. The molecule has 26 heavy (non-hydrogen) atoms. The van der Waals surface area contributed by atoms with E-state index >= 15 is 0 Å². The van der Waals surface area contributed by atoms with Gasteiger partial charge in [-0.25, -0.2) is 0 Å². The molecular weight excluding hydrogens is 318 g/mol. The molecule has 0 aliphatic carbocycles. The summed E-state index contributed by atoms with van der Waals surface area (Å²) in [5.41, 5.74) is 6.63. The summed E-state index contributed by atoms with van der Waals surface area (Å²) >= 11 is 0. The second-order valence-electron chi connectivity index (χ2n) is 6.72. The third-order valence-corrected chi connectivity index (χ3v) is 4.90. The fraction of sp³-hybridized carbons (Fsp3) is 0.208. The van der Waals surface area contributed by atoms with E-state index in [0.717, 1.165) is 23.1 Å². The van der Waals surface area contributed by atoms with Crippen molar-refractivity contribution in [3.05, 3.63) is 95.1 Å². The molecule has 0 spiro atoms. The van der Waals surface area contributed by atoms with E-state index in [0.29, 0.717) is 5.56 Å². The number of benzene rings is 3. The Morgan fingerprint density at radius 2 is 1.50 bits per heavy atom. The highest BCUT2D eigenvalue weighted by atomic mass is 16.1. The van der Waals surface area contributed by atoms with Gasteiger partial charge in [-0.2, -0.15) is 0 Å². The van der Waals surface area contributed by atoms with Crippen LogP contribution >= 0.6 is 0 Å². The van der Waals surface area contributed by atoms with Crippen molar-refractivity contribution in [1.82, 2.24) is 5.32 Å². The first-order valence-corrected chi connectivity index (χ1v) is 9.12. The SMILES string of the molecule is CC[C@H](NC(=O)c1ccc(-c2ccccc2)cc1)c1ccc(C)c(C)c1. The lowest BCUT2D eigenvalue weighted by Crippen LogP contribution is -2.28. The number of carbonyl (C=O) groups excluding carboxylic acids is 1. The summed E-state index contributed by atoms with van der Waals surface area (Å²) in [5.74, 6) is -0.0327. The molecule has 0 aliphatic rings. The van der Waals surface area contributed by atoms with Gasteiger partial charge in [0.05, 0.1) is 6.04 Å². The maximum Gasteiger partial charge on any atom is 0.251 e. The van der Waals surface area contributed by atoms with Crippen molar-refractivity contribution in [2.24, 2.45) is 0 Å². The smallest absolute Gasteiger partial charge is 0.251 e. The minimum atomic E-state index is -0.0327. The molecule has 132 valence electrons. The van der Waals surface area contributed by atoms with Crippen LogP contribution in [0.3, 0.4) is 0 Å². The zero-order valence-electron chi connectivity index (χ0n) is 15.6. The monoisotopic (exact) mass is 343 g/mol. The van der Waals surface area contributed by atoms with E-state index in [1.807, 2.05) is 42.5 Å². The van der Waals surface area contributed by atoms with Gasteiger partial charge in [-0.1, -0.05) is 67.6 Å². The first-order chi connectivity index (χ1) is 12.6. The van der Waals surface area contributed by atoms with Gasteiger partial charge < -0.3 is 5.32 Å². The highest BCUT2D eigenvalue weighted by Crippen LogP contribution is 2.22. The maximum absolute atomic E-state index is 12.7. The third kappa shape index (κ3) is 4.02. The Kier molecular flexibility index (Phi) is 5.52. The average molecular weight is 343 g/mol. The molecule has 0 fully saturated rings. The topological polar surface area (TPSA) is 29.1 Å². The summed E-state index contributed by atoms with van der Waals surface area (Å²) in [6.45, 7) is 6.31. The maximum atomic E-state index is 12.7. The van der Waals surface area contributed by atoms with Gasteiger partial charge in [0, 0.05) is 5.56 Å². The van der Waals surface area contributed by atoms with Crippen molar-refractivity contribution in [2.75, 3.05) is 0 Å². The number of hydrogen-bond acceptors (Lipinski definition) is 1. The molecule has 0 radical (unpaired) electrons. The van der Waals surface area contributed by atoms with Crippen LogP contribution in [0.4, 0.5) is 0 Å². The Hall–Kier alpha value is -2.87. The lowest BCUT2D eigenvalue weighted by Gasteiger charge is -2.19. The van der Waals surface area contributed by atoms with Crippen molar-refractivity contribution in [2.45, 2.75) is 33.2 Å². The van der Waals surface area contributed by atoms with Crippen LogP contribution in [-0.2, 0) is 0 Å². The summed E-state index contributed by atoms with van der Waals surface area (Å²) in [6.07, 6.45) is 0.857. The van der Waals surface area contributed by atoms with Crippen molar-refractivity contribution in [1.29, 1.82) is 0 Å². The Bertz CT molecular complexity index is 882. The molecule has 0 saturated carbocycles. The number of amides is 1. The van der Waals surface area contributed by atoms with Crippen molar-refractivity contribution < 1.29 is 4.79 Å². The number of carbonyl (C=O) groups is 1. The van der Waals surface area contributed by atoms with E-state index in [9.17, 15) is 4.79 Å². The molecule has 0 bridgehead atoms. The van der Waals surface area contributed by atoms with Gasteiger partial charge in [-0.05, 0) is 60.2 Å². The molecule has 0 heterocycles. The molecule has 3 rings (SSSR count). The minimum absolute atomic E-state index is 0.0237. The molecule has 0 aromatic heterocycles. The Morgan fingerprint density at radius 3 is 2.12 bits per heavy atom. The summed E-state index contributed by atoms with van der Waals surface area (Å²) < 4.78 is 0. The molecule has 0 unspecified atom stereocenters. The normalized spacial score (nSPS) is 11.8. The zero-order valence-corrected chi connectivity index (χ0v) is 15.6. The summed E-state index contributed by atoms with van der Waals surface area (Å²) in [5, 5.41) is 3.17. The van der Waals surface area contributed by atoms with Crippen LogP contribution < -0.4 is 5.32 Å². The van der Waals surface area contributed by atoms with E-state index in [2.05, 4.69) is 56.4 Å². The van der Waals surface area contributed by atoms with Gasteiger partial charge in [0.2, 0.25) is 0 Å². The quantitative estimate of drug-likeness (QED) is 0.618. The van der Waals surface area contributed by atoms with Crippen LogP contribution in [0.15, 0.2) is 72.8 Å². The van der Waals surface area contributed by atoms with Crippen molar-refractivity contribution in [3.63, 3.8) is 0 Å². The zero-order chi connectivity index (χ0) is 18.5. The van der Waals surface area contributed by atoms with Crippen LogP contribution in [0.25, 0.3) is 11.1 Å². The van der Waals surface area contributed by atoms with Gasteiger partial charge in [-0.3, -0.25) is 4.79 Å². The van der Waals surface area contributed by atoms with E-state index in [4.69, 9.17) is 0 Å². The summed E-state index contributed by atoms with van der Waals surface area (Å²) in [6, 6.07) is 24.4. The molecular formula is C24H25NO. The molecule has 1 amide bonds. The average Bonchev–Trinajstić information content (AvgIpc) is 2.69. The van der Waals surface area contributed by atoms with Gasteiger partial charge >= 0.3 is 0 Å². The van der Waals surface area contributed by atoms with Crippen molar-refractivity contribution in [3.8, 4) is 11.1 Å². The van der Waals surface area contributed by atoms with Crippen LogP contribution in [0.2, 0.25) is 0 Å². The fourth-order valence-electron chi connectivity index (χ4n) is 3.09. The molecule has 1 atom stereocenters. The minimum Gasteiger partial charge on any atom is -0.345 e. The van der Waals surface area contributed by atoms with Gasteiger partial charge in [0.1, 0.15) is 0 Å². The molecule has 0 aliphatic heterocycles. The lowest BCUT2D eigenvalue weighted by atomic mass is 9.99. The number of aryl methyl sites for hydroxylation is 2. The summed E-state index contributed by atoms with van der Waals surface area (Å²) in [4.78, 5) is 12.7. The van der Waals surface area contributed by atoms with E-state index in [1.54, 1.807) is 0 Å². The van der Waals surface area contributed by atoms with Crippen LogP contribution in [0, 0.1) is 13.8 Å². The second kappa shape index (κ2) is 8.01. The molecule has 2 nitrogen and oxygen atoms in total. The van der Waals surface area contributed by atoms with E-state index < -0.39 is 0 Å². The first-order valence-electron chi connectivity index (χ1n) is 9.12. The van der Waals surface area contributed by atoms with E-state index in [-0.39, 0.29) is 11.9 Å². The molecule has 3 aromatic rings. The number of hydrogen-bond donors (Lipinski definition) is 1. The molecule has 2 heteroatoms. The van der Waals surface area contributed by atoms with Gasteiger partial charge in [-0.15, -0.1) is 0 Å². The van der Waals surface area contributed by atoms with Crippen LogP contribution in [-0.4, -0.2) is 5.91 Å². The lowest BCUT2D eigenvalue weighted by molar-refractivity contribution is 0.0935.